The molecule has 0 atom stereocenters. The van der Waals surface area contributed by atoms with E-state index in [1.807, 2.05) is 0 Å². The molecule has 0 aromatic heterocycles. The third kappa shape index (κ3) is 3.46. The van der Waals surface area contributed by atoms with Crippen molar-refractivity contribution in [2.45, 2.75) is 13.5 Å². The average molecular weight is 362 g/mol. The summed E-state index contributed by atoms with van der Waals surface area (Å²) in [6.07, 6.45) is 0. The molecule has 0 aliphatic carbocycles. The Morgan fingerprint density at radius 2 is 1.42 bits per heavy atom. The highest BCUT2D eigenvalue weighted by Gasteiger charge is 2.26. The molecule has 0 heterocycles. The number of ether oxygens (including phenoxy) is 5. The standard InChI is InChI=1S/C19H22O7/c1-11-13(10-26-19(21)12-8-6-7-9-14(12)20)16(23-3)18(25-5)17(24-4)15(11)22-2/h6-9,20H,10H2,1-5H3. The molecular weight excluding hydrogens is 340 g/mol. The number of hydrogen-bond donors (Lipinski definition) is 1. The largest absolute Gasteiger partial charge is 0.507 e. The van der Waals surface area contributed by atoms with Crippen molar-refractivity contribution in [3.05, 3.63) is 41.0 Å². The van der Waals surface area contributed by atoms with Crippen molar-refractivity contribution in [1.29, 1.82) is 0 Å². The lowest BCUT2D eigenvalue weighted by Gasteiger charge is -2.21. The molecule has 26 heavy (non-hydrogen) atoms. The molecule has 0 bridgehead atoms. The molecule has 2 aromatic carbocycles. The van der Waals surface area contributed by atoms with E-state index in [9.17, 15) is 9.90 Å². The van der Waals surface area contributed by atoms with Crippen LogP contribution in [-0.2, 0) is 11.3 Å². The minimum atomic E-state index is -0.654. The van der Waals surface area contributed by atoms with E-state index >= 15 is 0 Å². The number of carbonyl (C=O) groups is 1. The molecule has 0 saturated heterocycles. The van der Waals surface area contributed by atoms with Gasteiger partial charge in [-0.3, -0.25) is 0 Å². The van der Waals surface area contributed by atoms with Gasteiger partial charge in [-0.15, -0.1) is 0 Å². The molecule has 0 aliphatic rings. The first kappa shape index (κ1) is 19.2. The van der Waals surface area contributed by atoms with Gasteiger partial charge in [-0.05, 0) is 19.1 Å². The van der Waals surface area contributed by atoms with Gasteiger partial charge in [0.25, 0.3) is 0 Å². The molecule has 140 valence electrons. The van der Waals surface area contributed by atoms with Crippen LogP contribution in [0.3, 0.4) is 0 Å². The summed E-state index contributed by atoms with van der Waals surface area (Å²) >= 11 is 0. The van der Waals surface area contributed by atoms with E-state index in [0.29, 0.717) is 34.1 Å². The van der Waals surface area contributed by atoms with Gasteiger partial charge in [-0.1, -0.05) is 12.1 Å². The number of methoxy groups -OCH3 is 4. The normalized spacial score (nSPS) is 10.2. The van der Waals surface area contributed by atoms with Gasteiger partial charge < -0.3 is 28.8 Å². The molecule has 0 radical (unpaired) electrons. The number of aromatic hydroxyl groups is 1. The van der Waals surface area contributed by atoms with Crippen LogP contribution in [0, 0.1) is 6.92 Å². The van der Waals surface area contributed by atoms with Gasteiger partial charge >= 0.3 is 5.97 Å². The lowest BCUT2D eigenvalue weighted by Crippen LogP contribution is -2.09. The quantitative estimate of drug-likeness (QED) is 0.758. The molecule has 0 spiro atoms. The van der Waals surface area contributed by atoms with Crippen molar-refractivity contribution in [2.24, 2.45) is 0 Å². The van der Waals surface area contributed by atoms with Gasteiger partial charge in [0.2, 0.25) is 11.5 Å². The monoisotopic (exact) mass is 362 g/mol. The highest BCUT2D eigenvalue weighted by Crippen LogP contribution is 2.49. The fourth-order valence-corrected chi connectivity index (χ4v) is 2.69. The van der Waals surface area contributed by atoms with Crippen molar-refractivity contribution in [3.8, 4) is 28.7 Å². The van der Waals surface area contributed by atoms with Crippen LogP contribution < -0.4 is 18.9 Å². The van der Waals surface area contributed by atoms with E-state index < -0.39 is 5.97 Å². The Balaban J connectivity index is 2.42. The zero-order chi connectivity index (χ0) is 19.3. The Kier molecular flexibility index (Phi) is 6.16. The molecule has 2 rings (SSSR count). The van der Waals surface area contributed by atoms with E-state index in [1.54, 1.807) is 19.1 Å². The molecule has 7 heteroatoms. The lowest BCUT2D eigenvalue weighted by molar-refractivity contribution is 0.0465. The number of para-hydroxylation sites is 1. The summed E-state index contributed by atoms with van der Waals surface area (Å²) in [7, 11) is 5.97. The molecular formula is C19H22O7. The zero-order valence-electron chi connectivity index (χ0n) is 15.4. The maximum absolute atomic E-state index is 12.3. The van der Waals surface area contributed by atoms with Gasteiger partial charge in [0.1, 0.15) is 17.9 Å². The molecule has 0 saturated carbocycles. The van der Waals surface area contributed by atoms with E-state index in [4.69, 9.17) is 23.7 Å². The number of phenolic OH excluding ortho intramolecular Hbond substituents is 1. The molecule has 1 N–H and O–H groups in total. The summed E-state index contributed by atoms with van der Waals surface area (Å²) in [6, 6.07) is 6.17. The van der Waals surface area contributed by atoms with Crippen LogP contribution in [0.15, 0.2) is 24.3 Å². The molecule has 0 unspecified atom stereocenters. The first-order valence-corrected chi connectivity index (χ1v) is 7.80. The number of phenols is 1. The van der Waals surface area contributed by atoms with E-state index in [0.717, 1.165) is 0 Å². The van der Waals surface area contributed by atoms with Gasteiger partial charge in [0.05, 0.1) is 28.4 Å². The topological polar surface area (TPSA) is 83.5 Å². The first-order chi connectivity index (χ1) is 12.5. The van der Waals surface area contributed by atoms with Crippen LogP contribution in [-0.4, -0.2) is 39.5 Å². The van der Waals surface area contributed by atoms with Gasteiger partial charge in [-0.2, -0.15) is 0 Å². The second-order valence-electron chi connectivity index (χ2n) is 5.33. The summed E-state index contributed by atoms with van der Waals surface area (Å²) in [5, 5.41) is 9.78. The lowest BCUT2D eigenvalue weighted by atomic mass is 10.0. The Bertz CT molecular complexity index is 799. The van der Waals surface area contributed by atoms with Crippen molar-refractivity contribution in [2.75, 3.05) is 28.4 Å². The summed E-state index contributed by atoms with van der Waals surface area (Å²) in [6.45, 7) is 1.70. The van der Waals surface area contributed by atoms with Gasteiger partial charge in [-0.25, -0.2) is 4.79 Å². The Morgan fingerprint density at radius 1 is 0.885 bits per heavy atom. The Morgan fingerprint density at radius 3 is 1.96 bits per heavy atom. The first-order valence-electron chi connectivity index (χ1n) is 7.80. The second-order valence-corrected chi connectivity index (χ2v) is 5.33. The average Bonchev–Trinajstić information content (AvgIpc) is 2.65. The minimum Gasteiger partial charge on any atom is -0.507 e. The highest BCUT2D eigenvalue weighted by atomic mass is 16.6. The summed E-state index contributed by atoms with van der Waals surface area (Å²) in [4.78, 5) is 12.3. The molecule has 7 nitrogen and oxygen atoms in total. The van der Waals surface area contributed by atoms with E-state index in [-0.39, 0.29) is 17.9 Å². The predicted octanol–water partition coefficient (Wildman–Crippen LogP) is 3.09. The van der Waals surface area contributed by atoms with E-state index in [2.05, 4.69) is 0 Å². The van der Waals surface area contributed by atoms with Crippen molar-refractivity contribution < 1.29 is 33.6 Å². The molecule has 0 fully saturated rings. The van der Waals surface area contributed by atoms with Gasteiger partial charge in [0, 0.05) is 11.1 Å². The van der Waals surface area contributed by atoms with Crippen LogP contribution >= 0.6 is 0 Å². The number of benzene rings is 2. The molecule has 0 aliphatic heterocycles. The Labute approximate surface area is 152 Å². The number of hydrogen-bond acceptors (Lipinski definition) is 7. The van der Waals surface area contributed by atoms with Crippen molar-refractivity contribution in [1.82, 2.24) is 0 Å². The van der Waals surface area contributed by atoms with Crippen LogP contribution in [0.4, 0.5) is 0 Å². The van der Waals surface area contributed by atoms with Crippen LogP contribution in [0.2, 0.25) is 0 Å². The third-order valence-corrected chi connectivity index (χ3v) is 3.97. The number of carbonyl (C=O) groups excluding carboxylic acids is 1. The van der Waals surface area contributed by atoms with E-state index in [1.165, 1.54) is 40.6 Å². The van der Waals surface area contributed by atoms with Crippen LogP contribution in [0.1, 0.15) is 21.5 Å². The van der Waals surface area contributed by atoms with Crippen molar-refractivity contribution >= 4 is 5.97 Å². The minimum absolute atomic E-state index is 0.0801. The maximum Gasteiger partial charge on any atom is 0.342 e. The molecule has 0 amide bonds. The fourth-order valence-electron chi connectivity index (χ4n) is 2.69. The number of esters is 1. The number of rotatable bonds is 7. The third-order valence-electron chi connectivity index (χ3n) is 3.97. The van der Waals surface area contributed by atoms with Crippen LogP contribution in [0.25, 0.3) is 0 Å². The summed E-state index contributed by atoms with van der Waals surface area (Å²) < 4.78 is 27.0. The summed E-state index contributed by atoms with van der Waals surface area (Å²) in [5.74, 6) is 0.766. The smallest absolute Gasteiger partial charge is 0.342 e. The van der Waals surface area contributed by atoms with Crippen molar-refractivity contribution in [3.63, 3.8) is 0 Å². The van der Waals surface area contributed by atoms with Gasteiger partial charge in [0.15, 0.2) is 11.5 Å². The maximum atomic E-state index is 12.3. The summed E-state index contributed by atoms with van der Waals surface area (Å²) in [5.41, 5.74) is 1.34. The Hall–Kier alpha value is -3.09. The van der Waals surface area contributed by atoms with Crippen LogP contribution in [0.5, 0.6) is 28.7 Å². The highest BCUT2D eigenvalue weighted by molar-refractivity contribution is 5.92. The fraction of sp³-hybridized carbons (Fsp3) is 0.316. The second kappa shape index (κ2) is 8.33. The predicted molar refractivity (Wildman–Crippen MR) is 94.6 cm³/mol. The SMILES string of the molecule is COc1c(C)c(COC(=O)c2ccccc2O)c(OC)c(OC)c1OC. The zero-order valence-corrected chi connectivity index (χ0v) is 15.4. The molecule has 2 aromatic rings.